The van der Waals surface area contributed by atoms with Gasteiger partial charge in [-0.1, -0.05) is 24.6 Å². The second kappa shape index (κ2) is 6.71. The van der Waals surface area contributed by atoms with Gasteiger partial charge in [0.15, 0.2) is 0 Å². The molecular weight excluding hydrogens is 316 g/mol. The summed E-state index contributed by atoms with van der Waals surface area (Å²) >= 11 is 7.84. The first-order valence-corrected chi connectivity index (χ1v) is 8.78. The molecule has 2 heterocycles. The van der Waals surface area contributed by atoms with Crippen LogP contribution in [0.25, 0.3) is 0 Å². The van der Waals surface area contributed by atoms with Crippen LogP contribution in [0.5, 0.6) is 0 Å². The molecule has 0 atom stereocenters. The molecule has 2 aromatic rings. The highest BCUT2D eigenvalue weighted by Crippen LogP contribution is 2.32. The lowest BCUT2D eigenvalue weighted by atomic mass is 9.99. The molecule has 5 heteroatoms. The molecule has 1 saturated heterocycles. The highest BCUT2D eigenvalue weighted by atomic mass is 35.5. The summed E-state index contributed by atoms with van der Waals surface area (Å²) in [6.45, 7) is 4.38. The fraction of sp³-hybridized carbons (Fsp3) is 0.353. The number of rotatable bonds is 3. The molecule has 3 rings (SSSR count). The van der Waals surface area contributed by atoms with Crippen molar-refractivity contribution in [2.75, 3.05) is 23.3 Å². The number of benzene rings is 1. The van der Waals surface area contributed by atoms with Gasteiger partial charge in [-0.2, -0.15) is 0 Å². The van der Waals surface area contributed by atoms with Crippen LogP contribution in [0.4, 0.5) is 11.4 Å². The molecule has 0 unspecified atom stereocenters. The summed E-state index contributed by atoms with van der Waals surface area (Å²) < 4.78 is 0. The van der Waals surface area contributed by atoms with Crippen molar-refractivity contribution < 1.29 is 4.79 Å². The van der Waals surface area contributed by atoms with Gasteiger partial charge in [0, 0.05) is 18.8 Å². The van der Waals surface area contributed by atoms with Crippen molar-refractivity contribution in [3.63, 3.8) is 0 Å². The third-order valence-electron chi connectivity index (χ3n) is 4.07. The summed E-state index contributed by atoms with van der Waals surface area (Å²) in [4.78, 5) is 15.1. The molecular formula is C17H19ClN2OS. The van der Waals surface area contributed by atoms with E-state index in [0.29, 0.717) is 9.90 Å². The van der Waals surface area contributed by atoms with Crippen molar-refractivity contribution in [2.24, 2.45) is 5.92 Å². The normalized spacial score (nSPS) is 15.8. The van der Waals surface area contributed by atoms with Crippen LogP contribution >= 0.6 is 22.9 Å². The molecule has 1 N–H and O–H groups in total. The molecule has 1 aromatic heterocycles. The number of piperidine rings is 1. The Hall–Kier alpha value is -1.52. The van der Waals surface area contributed by atoms with Gasteiger partial charge in [-0.25, -0.2) is 0 Å². The summed E-state index contributed by atoms with van der Waals surface area (Å²) in [5, 5.41) is 5.48. The number of anilines is 2. The number of amides is 1. The fourth-order valence-electron chi connectivity index (χ4n) is 2.69. The Kier molecular flexibility index (Phi) is 4.69. The van der Waals surface area contributed by atoms with Crippen LogP contribution in [0.15, 0.2) is 35.7 Å². The lowest BCUT2D eigenvalue weighted by Crippen LogP contribution is -2.32. The van der Waals surface area contributed by atoms with Gasteiger partial charge in [0.1, 0.15) is 0 Å². The molecule has 0 spiro atoms. The van der Waals surface area contributed by atoms with Gasteiger partial charge in [-0.05, 0) is 48.4 Å². The van der Waals surface area contributed by atoms with E-state index in [-0.39, 0.29) is 5.91 Å². The molecule has 1 aliphatic rings. The number of carbonyl (C=O) groups is 1. The van der Waals surface area contributed by atoms with E-state index in [1.54, 1.807) is 0 Å². The monoisotopic (exact) mass is 334 g/mol. The molecule has 1 fully saturated rings. The third-order valence-corrected chi connectivity index (χ3v) is 5.25. The molecule has 0 bridgehead atoms. The largest absolute Gasteiger partial charge is 0.370 e. The van der Waals surface area contributed by atoms with Crippen molar-refractivity contribution in [1.82, 2.24) is 0 Å². The second-order valence-corrected chi connectivity index (χ2v) is 7.12. The number of hydrogen-bond acceptors (Lipinski definition) is 3. The van der Waals surface area contributed by atoms with Crippen molar-refractivity contribution in [3.8, 4) is 0 Å². The Balaban J connectivity index is 1.71. The first-order chi connectivity index (χ1) is 10.6. The minimum Gasteiger partial charge on any atom is -0.370 e. The number of carbonyl (C=O) groups excluding carboxylic acids is 1. The van der Waals surface area contributed by atoms with Gasteiger partial charge in [-0.3, -0.25) is 4.79 Å². The molecule has 3 nitrogen and oxygen atoms in total. The van der Waals surface area contributed by atoms with Gasteiger partial charge in [0.05, 0.1) is 15.6 Å². The SMILES string of the molecule is CC1CCN(c2ccc(NC(=O)c3cccs3)cc2Cl)CC1. The predicted molar refractivity (Wildman–Crippen MR) is 94.3 cm³/mol. The second-order valence-electron chi connectivity index (χ2n) is 5.77. The average molecular weight is 335 g/mol. The molecule has 116 valence electrons. The molecule has 0 aliphatic carbocycles. The van der Waals surface area contributed by atoms with Crippen LogP contribution in [0, 0.1) is 5.92 Å². The fourth-order valence-corrected chi connectivity index (χ4v) is 3.61. The molecule has 22 heavy (non-hydrogen) atoms. The van der Waals surface area contributed by atoms with Crippen LogP contribution in [0.1, 0.15) is 29.4 Å². The molecule has 0 saturated carbocycles. The predicted octanol–water partition coefficient (Wildman–Crippen LogP) is 4.89. The van der Waals surface area contributed by atoms with Gasteiger partial charge in [-0.15, -0.1) is 11.3 Å². The summed E-state index contributed by atoms with van der Waals surface area (Å²) in [6.07, 6.45) is 2.40. The number of nitrogens with zero attached hydrogens (tertiary/aromatic N) is 1. The Morgan fingerprint density at radius 3 is 2.73 bits per heavy atom. The maximum Gasteiger partial charge on any atom is 0.265 e. The zero-order chi connectivity index (χ0) is 15.5. The number of thiophene rings is 1. The molecule has 1 aromatic carbocycles. The topological polar surface area (TPSA) is 32.3 Å². The highest BCUT2D eigenvalue weighted by molar-refractivity contribution is 7.12. The maximum absolute atomic E-state index is 12.1. The van der Waals surface area contributed by atoms with E-state index in [1.807, 2.05) is 35.7 Å². The van der Waals surface area contributed by atoms with E-state index in [1.165, 1.54) is 24.2 Å². The van der Waals surface area contributed by atoms with Crippen LogP contribution in [-0.2, 0) is 0 Å². The number of nitrogens with one attached hydrogen (secondary N) is 1. The molecule has 1 aliphatic heterocycles. The average Bonchev–Trinajstić information content (AvgIpc) is 3.03. The maximum atomic E-state index is 12.1. The Bertz CT molecular complexity index is 649. The van der Waals surface area contributed by atoms with Crippen LogP contribution < -0.4 is 10.2 Å². The summed E-state index contributed by atoms with van der Waals surface area (Å²) in [5.74, 6) is 0.699. The van der Waals surface area contributed by atoms with E-state index in [2.05, 4.69) is 17.1 Å². The third kappa shape index (κ3) is 3.45. The van der Waals surface area contributed by atoms with Gasteiger partial charge in [0.2, 0.25) is 0 Å². The van der Waals surface area contributed by atoms with Crippen molar-refractivity contribution >= 4 is 40.2 Å². The van der Waals surface area contributed by atoms with Crippen molar-refractivity contribution in [2.45, 2.75) is 19.8 Å². The van der Waals surface area contributed by atoms with E-state index in [0.717, 1.165) is 30.4 Å². The Morgan fingerprint density at radius 2 is 2.09 bits per heavy atom. The van der Waals surface area contributed by atoms with E-state index in [4.69, 9.17) is 11.6 Å². The summed E-state index contributed by atoms with van der Waals surface area (Å²) in [6, 6.07) is 9.44. The smallest absolute Gasteiger partial charge is 0.265 e. The lowest BCUT2D eigenvalue weighted by Gasteiger charge is -2.32. The lowest BCUT2D eigenvalue weighted by molar-refractivity contribution is 0.103. The Labute approximate surface area is 139 Å². The first-order valence-electron chi connectivity index (χ1n) is 7.53. The first kappa shape index (κ1) is 15.4. The van der Waals surface area contributed by atoms with Crippen molar-refractivity contribution in [1.29, 1.82) is 0 Å². The van der Waals surface area contributed by atoms with Crippen molar-refractivity contribution in [3.05, 3.63) is 45.6 Å². The van der Waals surface area contributed by atoms with Crippen LogP contribution in [-0.4, -0.2) is 19.0 Å². The number of halogens is 1. The standard InChI is InChI=1S/C17H19ClN2OS/c1-12-6-8-20(9-7-12)15-5-4-13(11-14(15)18)19-17(21)16-3-2-10-22-16/h2-5,10-12H,6-9H2,1H3,(H,19,21). The summed E-state index contributed by atoms with van der Waals surface area (Å²) in [7, 11) is 0. The molecule has 0 radical (unpaired) electrons. The number of hydrogen-bond donors (Lipinski definition) is 1. The van der Waals surface area contributed by atoms with Crippen LogP contribution in [0.3, 0.4) is 0 Å². The Morgan fingerprint density at radius 1 is 1.32 bits per heavy atom. The van der Waals surface area contributed by atoms with Gasteiger partial charge < -0.3 is 10.2 Å². The van der Waals surface area contributed by atoms with E-state index < -0.39 is 0 Å². The minimum atomic E-state index is -0.0920. The minimum absolute atomic E-state index is 0.0920. The van der Waals surface area contributed by atoms with Gasteiger partial charge >= 0.3 is 0 Å². The zero-order valence-electron chi connectivity index (χ0n) is 12.5. The highest BCUT2D eigenvalue weighted by Gasteiger charge is 2.18. The summed E-state index contributed by atoms with van der Waals surface area (Å²) in [5.41, 5.74) is 1.79. The van der Waals surface area contributed by atoms with E-state index in [9.17, 15) is 4.79 Å². The zero-order valence-corrected chi connectivity index (χ0v) is 14.1. The van der Waals surface area contributed by atoms with Crippen LogP contribution in [0.2, 0.25) is 5.02 Å². The molecule has 1 amide bonds. The quantitative estimate of drug-likeness (QED) is 0.866. The van der Waals surface area contributed by atoms with E-state index >= 15 is 0 Å². The van der Waals surface area contributed by atoms with Gasteiger partial charge in [0.25, 0.3) is 5.91 Å².